The van der Waals surface area contributed by atoms with E-state index in [0.29, 0.717) is 12.4 Å². The molecule has 0 saturated heterocycles. The summed E-state index contributed by atoms with van der Waals surface area (Å²) in [6, 6.07) is 8.42. The van der Waals surface area contributed by atoms with E-state index >= 15 is 0 Å². The molecule has 0 fully saturated rings. The highest BCUT2D eigenvalue weighted by Crippen LogP contribution is 2.39. The van der Waals surface area contributed by atoms with E-state index in [1.54, 1.807) is 11.3 Å². The molecule has 0 radical (unpaired) electrons. The van der Waals surface area contributed by atoms with E-state index in [4.69, 9.17) is 20.7 Å². The Balaban J connectivity index is 0.000000360. The summed E-state index contributed by atoms with van der Waals surface area (Å²) >= 11 is 1.76. The standard InChI is InChI=1S/C18H19N5OS.C2HF3O2/c1-10-3-4-14(25-10)12-9-13-15(11-5-7-23(2)16(11)12)17(20-6-8-24)22-18(19)21-13;3-2(4,5)1(6)7/h3-5,7,9,24H,6,8H2,1-2H3,(H3,19,20,21,22);(H,6,7). The van der Waals surface area contributed by atoms with Crippen LogP contribution in [0.1, 0.15) is 4.88 Å². The number of hydrogen-bond acceptors (Lipinski definition) is 7. The Labute approximate surface area is 184 Å². The minimum atomic E-state index is -5.08. The second kappa shape index (κ2) is 9.01. The molecule has 0 aliphatic heterocycles. The van der Waals surface area contributed by atoms with Crippen molar-refractivity contribution in [3.05, 3.63) is 35.3 Å². The molecule has 0 aliphatic carbocycles. The van der Waals surface area contributed by atoms with Crippen LogP contribution in [0.25, 0.3) is 32.2 Å². The highest BCUT2D eigenvalue weighted by Gasteiger charge is 2.38. The van der Waals surface area contributed by atoms with Crippen molar-refractivity contribution >= 4 is 50.9 Å². The van der Waals surface area contributed by atoms with Gasteiger partial charge in [0, 0.05) is 40.5 Å². The number of benzene rings is 1. The second-order valence-electron chi connectivity index (χ2n) is 6.80. The third-order valence-electron chi connectivity index (χ3n) is 4.49. The van der Waals surface area contributed by atoms with E-state index in [0.717, 1.165) is 27.4 Å². The van der Waals surface area contributed by atoms with Crippen LogP contribution in [0.3, 0.4) is 0 Å². The van der Waals surface area contributed by atoms with Gasteiger partial charge in [0.1, 0.15) is 5.82 Å². The summed E-state index contributed by atoms with van der Waals surface area (Å²) in [5, 5.41) is 21.4. The largest absolute Gasteiger partial charge is 0.490 e. The molecule has 8 nitrogen and oxygen atoms in total. The Hall–Kier alpha value is -3.38. The number of carboxylic acid groups (broad SMARTS) is 1. The zero-order valence-corrected chi connectivity index (χ0v) is 17.9. The number of rotatable bonds is 4. The molecule has 0 spiro atoms. The molecule has 0 amide bonds. The van der Waals surface area contributed by atoms with Crippen molar-refractivity contribution in [2.75, 3.05) is 24.2 Å². The predicted molar refractivity (Wildman–Crippen MR) is 118 cm³/mol. The van der Waals surface area contributed by atoms with E-state index in [1.165, 1.54) is 9.75 Å². The molecular weight excluding hydrogens is 447 g/mol. The molecule has 0 saturated carbocycles. The van der Waals surface area contributed by atoms with Gasteiger partial charge in [-0.3, -0.25) is 0 Å². The number of aliphatic hydroxyl groups is 1. The van der Waals surface area contributed by atoms with Crippen molar-refractivity contribution < 1.29 is 28.2 Å². The van der Waals surface area contributed by atoms with Crippen molar-refractivity contribution in [3.8, 4) is 10.4 Å². The number of aliphatic carboxylic acids is 1. The number of aryl methyl sites for hydroxylation is 2. The van der Waals surface area contributed by atoms with Gasteiger partial charge >= 0.3 is 12.1 Å². The first-order chi connectivity index (χ1) is 15.0. The van der Waals surface area contributed by atoms with E-state index in [2.05, 4.69) is 51.0 Å². The van der Waals surface area contributed by atoms with Crippen LogP contribution in [-0.4, -0.2) is 50.0 Å². The fraction of sp³-hybridized carbons (Fsp3) is 0.250. The van der Waals surface area contributed by atoms with Gasteiger partial charge in [0.15, 0.2) is 0 Å². The summed E-state index contributed by atoms with van der Waals surface area (Å²) in [7, 11) is 2.04. The van der Waals surface area contributed by atoms with Crippen LogP contribution in [0.2, 0.25) is 0 Å². The van der Waals surface area contributed by atoms with Gasteiger partial charge in [0.05, 0.1) is 23.0 Å². The molecule has 1 aromatic carbocycles. The molecule has 0 atom stereocenters. The number of nitrogens with zero attached hydrogens (tertiary/aromatic N) is 3. The summed E-state index contributed by atoms with van der Waals surface area (Å²) < 4.78 is 33.9. The summed E-state index contributed by atoms with van der Waals surface area (Å²) in [5.74, 6) is -1.88. The molecule has 0 unspecified atom stereocenters. The van der Waals surface area contributed by atoms with Crippen molar-refractivity contribution in [2.45, 2.75) is 13.1 Å². The molecule has 12 heteroatoms. The lowest BCUT2D eigenvalue weighted by Crippen LogP contribution is -2.21. The Morgan fingerprint density at radius 1 is 1.28 bits per heavy atom. The highest BCUT2D eigenvalue weighted by atomic mass is 32.1. The number of anilines is 2. The number of nitrogen functional groups attached to an aromatic ring is 1. The normalized spacial score (nSPS) is 11.4. The van der Waals surface area contributed by atoms with Gasteiger partial charge in [-0.15, -0.1) is 11.3 Å². The first-order valence-electron chi connectivity index (χ1n) is 9.29. The van der Waals surface area contributed by atoms with Crippen LogP contribution in [0.4, 0.5) is 24.9 Å². The van der Waals surface area contributed by atoms with Crippen molar-refractivity contribution in [1.82, 2.24) is 14.5 Å². The number of fused-ring (bicyclic) bond motifs is 3. The van der Waals surface area contributed by atoms with Crippen molar-refractivity contribution in [1.29, 1.82) is 0 Å². The molecule has 3 heterocycles. The van der Waals surface area contributed by atoms with Gasteiger partial charge < -0.3 is 25.8 Å². The minimum Gasteiger partial charge on any atom is -0.475 e. The van der Waals surface area contributed by atoms with Crippen LogP contribution in [0.5, 0.6) is 0 Å². The number of aliphatic hydroxyl groups excluding tert-OH is 1. The van der Waals surface area contributed by atoms with Crippen LogP contribution >= 0.6 is 11.3 Å². The number of nitrogens with two attached hydrogens (primary N) is 1. The Kier molecular flexibility index (Phi) is 6.55. The predicted octanol–water partition coefficient (Wildman–Crippen LogP) is 3.78. The lowest BCUT2D eigenvalue weighted by Gasteiger charge is -2.12. The highest BCUT2D eigenvalue weighted by molar-refractivity contribution is 7.15. The van der Waals surface area contributed by atoms with Crippen LogP contribution < -0.4 is 11.1 Å². The number of hydrogen-bond donors (Lipinski definition) is 4. The maximum atomic E-state index is 10.6. The fourth-order valence-corrected chi connectivity index (χ4v) is 4.09. The van der Waals surface area contributed by atoms with Crippen LogP contribution in [-0.2, 0) is 11.8 Å². The zero-order valence-electron chi connectivity index (χ0n) is 17.1. The number of halogens is 3. The van der Waals surface area contributed by atoms with E-state index in [9.17, 15) is 13.2 Å². The number of aromatic nitrogens is 3. The molecular formula is C20H20F3N5O3S. The maximum Gasteiger partial charge on any atom is 0.490 e. The molecule has 4 rings (SSSR count). The third kappa shape index (κ3) is 4.75. The Morgan fingerprint density at radius 2 is 1.97 bits per heavy atom. The topological polar surface area (TPSA) is 126 Å². The van der Waals surface area contributed by atoms with Gasteiger partial charge in [0.25, 0.3) is 0 Å². The lowest BCUT2D eigenvalue weighted by molar-refractivity contribution is -0.192. The first-order valence-corrected chi connectivity index (χ1v) is 10.1. The molecule has 32 heavy (non-hydrogen) atoms. The van der Waals surface area contributed by atoms with E-state index in [1.807, 2.05) is 13.2 Å². The zero-order chi connectivity index (χ0) is 23.6. The van der Waals surface area contributed by atoms with Crippen LogP contribution in [0.15, 0.2) is 30.5 Å². The average molecular weight is 467 g/mol. The third-order valence-corrected chi connectivity index (χ3v) is 5.52. The van der Waals surface area contributed by atoms with Gasteiger partial charge in [-0.1, -0.05) is 0 Å². The summed E-state index contributed by atoms with van der Waals surface area (Å²) in [6.45, 7) is 2.54. The number of thiophene rings is 1. The fourth-order valence-electron chi connectivity index (χ4n) is 3.21. The molecule has 0 bridgehead atoms. The van der Waals surface area contributed by atoms with Crippen LogP contribution in [0, 0.1) is 6.92 Å². The lowest BCUT2D eigenvalue weighted by atomic mass is 10.0. The quantitative estimate of drug-likeness (QED) is 0.360. The summed E-state index contributed by atoms with van der Waals surface area (Å²) in [5.41, 5.74) is 8.98. The van der Waals surface area contributed by atoms with Gasteiger partial charge in [-0.25, -0.2) is 9.78 Å². The number of carbonyl (C=O) groups is 1. The summed E-state index contributed by atoms with van der Waals surface area (Å²) in [6.07, 6.45) is -3.04. The number of alkyl halides is 3. The molecule has 4 aromatic rings. The van der Waals surface area contributed by atoms with Gasteiger partial charge in [0.2, 0.25) is 5.95 Å². The Bertz CT molecular complexity index is 1280. The van der Waals surface area contributed by atoms with E-state index < -0.39 is 12.1 Å². The summed E-state index contributed by atoms with van der Waals surface area (Å²) in [4.78, 5) is 20.2. The van der Waals surface area contributed by atoms with Crippen molar-refractivity contribution in [2.24, 2.45) is 7.05 Å². The maximum absolute atomic E-state index is 10.6. The number of nitrogens with one attached hydrogen (secondary N) is 1. The van der Waals surface area contributed by atoms with Gasteiger partial charge in [-0.05, 0) is 31.2 Å². The molecule has 5 N–H and O–H groups in total. The molecule has 3 aromatic heterocycles. The monoisotopic (exact) mass is 467 g/mol. The average Bonchev–Trinajstić information content (AvgIpc) is 3.31. The number of carboxylic acids is 1. The van der Waals surface area contributed by atoms with Gasteiger partial charge in [-0.2, -0.15) is 18.2 Å². The second-order valence-corrected chi connectivity index (χ2v) is 8.09. The van der Waals surface area contributed by atoms with E-state index in [-0.39, 0.29) is 12.6 Å². The Morgan fingerprint density at radius 3 is 2.53 bits per heavy atom. The molecule has 0 aliphatic rings. The smallest absolute Gasteiger partial charge is 0.475 e. The first kappa shape index (κ1) is 23.3. The van der Waals surface area contributed by atoms with Crippen molar-refractivity contribution in [3.63, 3.8) is 0 Å². The minimum absolute atomic E-state index is 0.0237. The SMILES string of the molecule is Cc1ccc(-c2cc3nc(N)nc(NCCO)c3c3ccn(C)c23)s1.O=C(O)C(F)(F)F. The molecule has 170 valence electrons.